The van der Waals surface area contributed by atoms with Crippen LogP contribution >= 0.6 is 11.8 Å². The van der Waals surface area contributed by atoms with Crippen LogP contribution in [0.2, 0.25) is 0 Å². The van der Waals surface area contributed by atoms with Crippen LogP contribution in [0.25, 0.3) is 0 Å². The van der Waals surface area contributed by atoms with Crippen molar-refractivity contribution >= 4 is 29.5 Å². The predicted molar refractivity (Wildman–Crippen MR) is 76.6 cm³/mol. The number of carbonyl (C=O) groups is 3. The van der Waals surface area contributed by atoms with Gasteiger partial charge in [0.2, 0.25) is 11.8 Å². The van der Waals surface area contributed by atoms with Crippen LogP contribution in [0.5, 0.6) is 0 Å². The number of aliphatic hydroxyl groups is 1. The number of hydrogen-bond acceptors (Lipinski definition) is 5. The maximum atomic E-state index is 12.2. The summed E-state index contributed by atoms with van der Waals surface area (Å²) in [5.41, 5.74) is -1.51. The van der Waals surface area contributed by atoms with E-state index in [4.69, 9.17) is 5.11 Å². The lowest BCUT2D eigenvalue weighted by molar-refractivity contribution is -0.142. The van der Waals surface area contributed by atoms with Crippen molar-refractivity contribution in [3.63, 3.8) is 0 Å². The molecule has 0 aromatic rings. The van der Waals surface area contributed by atoms with Gasteiger partial charge in [-0.1, -0.05) is 0 Å². The first-order valence-electron chi connectivity index (χ1n) is 6.83. The Labute approximate surface area is 127 Å². The molecule has 3 unspecified atom stereocenters. The lowest BCUT2D eigenvalue weighted by Crippen LogP contribution is -2.52. The van der Waals surface area contributed by atoms with Gasteiger partial charge >= 0.3 is 5.97 Å². The number of hydrogen-bond donors (Lipinski definition) is 3. The fourth-order valence-electron chi connectivity index (χ4n) is 2.80. The Balaban J connectivity index is 1.95. The molecule has 3 N–H and O–H groups in total. The van der Waals surface area contributed by atoms with E-state index >= 15 is 0 Å². The van der Waals surface area contributed by atoms with Crippen molar-refractivity contribution in [2.24, 2.45) is 0 Å². The fourth-order valence-corrected chi connectivity index (χ4v) is 4.23. The number of carbonyl (C=O) groups excluding carboxylic acids is 2. The Morgan fingerprint density at radius 3 is 2.86 bits per heavy atom. The molecule has 0 spiro atoms. The molecule has 2 saturated heterocycles. The summed E-state index contributed by atoms with van der Waals surface area (Å²) in [5.74, 6) is -0.977. The first-order valence-corrected chi connectivity index (χ1v) is 7.81. The normalized spacial score (nSPS) is 30.9. The molecule has 8 heteroatoms. The van der Waals surface area contributed by atoms with E-state index in [-0.39, 0.29) is 23.2 Å². The maximum absolute atomic E-state index is 12.2. The minimum Gasteiger partial charge on any atom is -0.481 e. The molecule has 0 bridgehead atoms. The third-order valence-corrected chi connectivity index (χ3v) is 5.43. The molecule has 118 valence electrons. The molecule has 2 amide bonds. The highest BCUT2D eigenvalue weighted by atomic mass is 32.2. The van der Waals surface area contributed by atoms with E-state index in [2.05, 4.69) is 5.32 Å². The number of thioether (sulfide) groups is 1. The van der Waals surface area contributed by atoms with E-state index in [1.165, 1.54) is 6.92 Å². The summed E-state index contributed by atoms with van der Waals surface area (Å²) < 4.78 is 0. The zero-order valence-corrected chi connectivity index (χ0v) is 12.9. The van der Waals surface area contributed by atoms with Gasteiger partial charge in [-0.3, -0.25) is 14.4 Å². The van der Waals surface area contributed by atoms with Crippen LogP contribution in [-0.4, -0.2) is 61.7 Å². The minimum atomic E-state index is -1.51. The molecule has 7 nitrogen and oxygen atoms in total. The van der Waals surface area contributed by atoms with Crippen LogP contribution in [-0.2, 0) is 14.4 Å². The third-order valence-electron chi connectivity index (χ3n) is 3.92. The van der Waals surface area contributed by atoms with Crippen molar-refractivity contribution in [1.29, 1.82) is 0 Å². The molecule has 3 atom stereocenters. The Hall–Kier alpha value is -1.28. The quantitative estimate of drug-likeness (QED) is 0.647. The van der Waals surface area contributed by atoms with Gasteiger partial charge in [0.05, 0.1) is 16.9 Å². The summed E-state index contributed by atoms with van der Waals surface area (Å²) in [7, 11) is 0. The average molecular weight is 316 g/mol. The molecule has 2 fully saturated rings. The van der Waals surface area contributed by atoms with Crippen LogP contribution in [0.3, 0.4) is 0 Å². The summed E-state index contributed by atoms with van der Waals surface area (Å²) in [6.07, 6.45) is 0.730. The topological polar surface area (TPSA) is 107 Å². The molecular formula is C13H20N2O5S. The average Bonchev–Trinajstić information content (AvgIpc) is 2.83. The van der Waals surface area contributed by atoms with Crippen LogP contribution < -0.4 is 5.32 Å². The molecule has 0 radical (unpaired) electrons. The third kappa shape index (κ3) is 3.32. The SMILES string of the molecule is CC(O)(CNC(=O)C1CSC2(C)CCC(=O)N12)CC(=O)O. The molecular weight excluding hydrogens is 296 g/mol. The molecule has 2 heterocycles. The molecule has 0 saturated carbocycles. The summed E-state index contributed by atoms with van der Waals surface area (Å²) in [4.78, 5) is 36.1. The number of nitrogens with zero attached hydrogens (tertiary/aromatic N) is 1. The molecule has 2 aliphatic rings. The van der Waals surface area contributed by atoms with Crippen molar-refractivity contribution < 1.29 is 24.6 Å². The molecule has 21 heavy (non-hydrogen) atoms. The second-order valence-electron chi connectivity index (χ2n) is 6.05. The van der Waals surface area contributed by atoms with Gasteiger partial charge in [0.25, 0.3) is 0 Å². The van der Waals surface area contributed by atoms with E-state index in [1.54, 1.807) is 16.7 Å². The number of rotatable bonds is 5. The smallest absolute Gasteiger partial charge is 0.306 e. The van der Waals surface area contributed by atoms with Crippen LogP contribution in [0.1, 0.15) is 33.1 Å². The van der Waals surface area contributed by atoms with Gasteiger partial charge in [0, 0.05) is 18.7 Å². The first-order chi connectivity index (χ1) is 9.65. The van der Waals surface area contributed by atoms with Crippen molar-refractivity contribution in [2.45, 2.75) is 49.6 Å². The van der Waals surface area contributed by atoms with E-state index in [1.807, 2.05) is 6.92 Å². The Bertz CT molecular complexity index is 481. The van der Waals surface area contributed by atoms with Gasteiger partial charge in [-0.15, -0.1) is 11.8 Å². The van der Waals surface area contributed by atoms with E-state index in [0.29, 0.717) is 12.2 Å². The Kier molecular flexibility index (Phi) is 4.21. The second kappa shape index (κ2) is 5.49. The standard InChI is InChI=1S/C13H20N2O5S/c1-12(20,5-10(17)18)7-14-11(19)8-6-21-13(2)4-3-9(16)15(8)13/h8,20H,3-7H2,1-2H3,(H,14,19)(H,17,18). The first kappa shape index (κ1) is 16.1. The largest absolute Gasteiger partial charge is 0.481 e. The number of amides is 2. The highest BCUT2D eigenvalue weighted by Crippen LogP contribution is 2.47. The van der Waals surface area contributed by atoms with Gasteiger partial charge in [-0.2, -0.15) is 0 Å². The summed E-state index contributed by atoms with van der Waals surface area (Å²) in [6.45, 7) is 3.16. The summed E-state index contributed by atoms with van der Waals surface area (Å²) in [5, 5.41) is 21.1. The van der Waals surface area contributed by atoms with Crippen LogP contribution in [0.4, 0.5) is 0 Å². The highest BCUT2D eigenvalue weighted by molar-refractivity contribution is 8.01. The van der Waals surface area contributed by atoms with E-state index in [9.17, 15) is 19.5 Å². The number of aliphatic carboxylic acids is 1. The van der Waals surface area contributed by atoms with Crippen molar-refractivity contribution in [2.75, 3.05) is 12.3 Å². The predicted octanol–water partition coefficient (Wildman–Crippen LogP) is -0.218. The van der Waals surface area contributed by atoms with Crippen molar-refractivity contribution in [1.82, 2.24) is 10.2 Å². The van der Waals surface area contributed by atoms with Gasteiger partial charge in [-0.05, 0) is 20.3 Å². The Morgan fingerprint density at radius 1 is 1.57 bits per heavy atom. The fraction of sp³-hybridized carbons (Fsp3) is 0.769. The molecule has 0 aromatic carbocycles. The molecule has 2 aliphatic heterocycles. The van der Waals surface area contributed by atoms with Crippen molar-refractivity contribution in [3.8, 4) is 0 Å². The number of nitrogens with one attached hydrogen (secondary N) is 1. The maximum Gasteiger partial charge on any atom is 0.306 e. The number of fused-ring (bicyclic) bond motifs is 1. The highest BCUT2D eigenvalue weighted by Gasteiger charge is 2.52. The van der Waals surface area contributed by atoms with Gasteiger partial charge in [0.1, 0.15) is 6.04 Å². The van der Waals surface area contributed by atoms with Gasteiger partial charge in [0.15, 0.2) is 0 Å². The lowest BCUT2D eigenvalue weighted by atomic mass is 10.0. The second-order valence-corrected chi connectivity index (χ2v) is 7.55. The molecule has 0 aliphatic carbocycles. The van der Waals surface area contributed by atoms with E-state index < -0.39 is 24.0 Å². The minimum absolute atomic E-state index is 0.0278. The van der Waals surface area contributed by atoms with Gasteiger partial charge < -0.3 is 20.4 Å². The van der Waals surface area contributed by atoms with Crippen LogP contribution in [0, 0.1) is 0 Å². The lowest BCUT2D eigenvalue weighted by Gasteiger charge is -2.30. The molecule has 2 rings (SSSR count). The molecule has 0 aromatic heterocycles. The number of carboxylic acid groups (broad SMARTS) is 1. The zero-order valence-electron chi connectivity index (χ0n) is 12.1. The zero-order chi connectivity index (χ0) is 15.8. The van der Waals surface area contributed by atoms with Crippen molar-refractivity contribution in [3.05, 3.63) is 0 Å². The summed E-state index contributed by atoms with van der Waals surface area (Å²) >= 11 is 1.59. The van der Waals surface area contributed by atoms with Crippen LogP contribution in [0.15, 0.2) is 0 Å². The Morgan fingerprint density at radius 2 is 2.24 bits per heavy atom. The summed E-state index contributed by atoms with van der Waals surface area (Å²) in [6, 6.07) is -0.546. The van der Waals surface area contributed by atoms with Gasteiger partial charge in [-0.25, -0.2) is 0 Å². The number of carboxylic acids is 1. The monoisotopic (exact) mass is 316 g/mol. The van der Waals surface area contributed by atoms with E-state index in [0.717, 1.165) is 6.42 Å².